The molecule has 2 aliphatic rings. The van der Waals surface area contributed by atoms with Gasteiger partial charge in [-0.1, -0.05) is 31.5 Å². The number of nitrogens with zero attached hydrogens (tertiary/aromatic N) is 2. The summed E-state index contributed by atoms with van der Waals surface area (Å²) in [5.74, 6) is 2.31. The molecule has 0 spiro atoms. The summed E-state index contributed by atoms with van der Waals surface area (Å²) >= 11 is 1.62. The van der Waals surface area contributed by atoms with Crippen molar-refractivity contribution >= 4 is 33.1 Å². The fourth-order valence-corrected chi connectivity index (χ4v) is 7.23. The first kappa shape index (κ1) is 31.1. The van der Waals surface area contributed by atoms with Crippen LogP contribution in [0.1, 0.15) is 61.4 Å². The summed E-state index contributed by atoms with van der Waals surface area (Å²) in [5, 5.41) is 0.942. The number of unbranched alkanes of at least 4 members (excludes halogenated alkanes) is 1. The highest BCUT2D eigenvalue weighted by Gasteiger charge is 2.23. The van der Waals surface area contributed by atoms with Gasteiger partial charge in [0.05, 0.1) is 13.2 Å². The number of benzene rings is 3. The van der Waals surface area contributed by atoms with Crippen molar-refractivity contribution in [3.8, 4) is 27.7 Å². The predicted molar refractivity (Wildman–Crippen MR) is 180 cm³/mol. The monoisotopic (exact) mass is 626 g/mol. The van der Waals surface area contributed by atoms with E-state index in [4.69, 9.17) is 14.2 Å². The van der Waals surface area contributed by atoms with E-state index in [1.165, 1.54) is 12.8 Å². The largest absolute Gasteiger partial charge is 0.492 e. The fraction of sp³-hybridized carbons (Fsp3) is 0.405. The van der Waals surface area contributed by atoms with Gasteiger partial charge >= 0.3 is 0 Å². The fourth-order valence-electron chi connectivity index (χ4n) is 6.03. The molecule has 3 aromatic carbocycles. The first-order valence-electron chi connectivity index (χ1n) is 16.3. The van der Waals surface area contributed by atoms with E-state index >= 15 is 0 Å². The Morgan fingerprint density at radius 3 is 2.38 bits per heavy atom. The first-order chi connectivity index (χ1) is 22.1. The van der Waals surface area contributed by atoms with Gasteiger partial charge in [-0.05, 0) is 92.9 Å². The molecule has 2 fully saturated rings. The minimum atomic E-state index is -0.0314. The van der Waals surface area contributed by atoms with Crippen molar-refractivity contribution in [3.63, 3.8) is 0 Å². The van der Waals surface area contributed by atoms with Crippen LogP contribution in [0.2, 0.25) is 0 Å². The van der Waals surface area contributed by atoms with Crippen LogP contribution in [0.3, 0.4) is 0 Å². The van der Waals surface area contributed by atoms with E-state index in [0.717, 1.165) is 77.5 Å². The number of likely N-dealkylation sites (tertiary alicyclic amines) is 2. The zero-order valence-corrected chi connectivity index (χ0v) is 26.9. The summed E-state index contributed by atoms with van der Waals surface area (Å²) in [6, 6.07) is 21.5. The van der Waals surface area contributed by atoms with Gasteiger partial charge in [0.1, 0.15) is 19.0 Å². The molecule has 0 atom stereocenters. The van der Waals surface area contributed by atoms with Gasteiger partial charge in [-0.2, -0.15) is 0 Å². The Morgan fingerprint density at radius 2 is 1.60 bits per heavy atom. The number of hydrogen-bond donors (Lipinski definition) is 0. The van der Waals surface area contributed by atoms with Crippen LogP contribution in [0.15, 0.2) is 66.7 Å². The molecule has 0 N–H and O–H groups in total. The molecular formula is C37H42N2O5S. The molecule has 0 radical (unpaired) electrons. The van der Waals surface area contributed by atoms with Crippen molar-refractivity contribution in [2.75, 3.05) is 52.5 Å². The predicted octanol–water partition coefficient (Wildman–Crippen LogP) is 7.45. The lowest BCUT2D eigenvalue weighted by atomic mass is 9.97. The molecule has 0 unspecified atom stereocenters. The second-order valence-electron chi connectivity index (χ2n) is 11.7. The van der Waals surface area contributed by atoms with Crippen molar-refractivity contribution in [2.45, 2.75) is 45.4 Å². The van der Waals surface area contributed by atoms with Crippen LogP contribution in [0.5, 0.6) is 17.2 Å². The molecule has 0 aliphatic carbocycles. The van der Waals surface area contributed by atoms with E-state index < -0.39 is 0 Å². The quantitative estimate of drug-likeness (QED) is 0.101. The van der Waals surface area contributed by atoms with Crippen LogP contribution >= 0.6 is 11.3 Å². The van der Waals surface area contributed by atoms with Gasteiger partial charge in [0, 0.05) is 45.6 Å². The maximum Gasteiger partial charge on any atom is 0.222 e. The number of amides is 1. The van der Waals surface area contributed by atoms with Gasteiger partial charge < -0.3 is 19.1 Å². The van der Waals surface area contributed by atoms with Gasteiger partial charge in [0.15, 0.2) is 17.3 Å². The van der Waals surface area contributed by atoms with Crippen molar-refractivity contribution in [1.29, 1.82) is 0 Å². The van der Waals surface area contributed by atoms with Crippen LogP contribution in [-0.2, 0) is 4.79 Å². The highest BCUT2D eigenvalue weighted by Crippen LogP contribution is 2.42. The number of rotatable bonds is 15. The SMILES string of the molecule is CCCCOc1cc(-c2sc3ccccc3c2C(=O)c2ccc(OCCN3CCCC3=O)cc2)ccc1OCCN1CCCC1. The number of hydrogen-bond acceptors (Lipinski definition) is 7. The van der Waals surface area contributed by atoms with Crippen molar-refractivity contribution in [2.24, 2.45) is 0 Å². The normalized spacial score (nSPS) is 15.2. The third kappa shape index (κ3) is 7.51. The Kier molecular flexibility index (Phi) is 10.3. The van der Waals surface area contributed by atoms with E-state index in [0.29, 0.717) is 49.7 Å². The molecule has 2 aliphatic heterocycles. The van der Waals surface area contributed by atoms with Gasteiger partial charge in [-0.3, -0.25) is 14.5 Å². The van der Waals surface area contributed by atoms with E-state index in [1.807, 2.05) is 65.6 Å². The Balaban J connectivity index is 1.23. The Hall–Kier alpha value is -3.88. The summed E-state index contributed by atoms with van der Waals surface area (Å²) in [6.07, 6.45) is 6.06. The van der Waals surface area contributed by atoms with E-state index in [-0.39, 0.29) is 11.7 Å². The zero-order valence-electron chi connectivity index (χ0n) is 26.1. The van der Waals surface area contributed by atoms with Crippen molar-refractivity contribution in [3.05, 3.63) is 77.9 Å². The van der Waals surface area contributed by atoms with Crippen LogP contribution < -0.4 is 14.2 Å². The molecule has 0 bridgehead atoms. The average Bonchev–Trinajstić information content (AvgIpc) is 3.82. The maximum absolute atomic E-state index is 14.1. The highest BCUT2D eigenvalue weighted by atomic mass is 32.1. The molecule has 1 aromatic heterocycles. The molecule has 7 nitrogen and oxygen atoms in total. The summed E-state index contributed by atoms with van der Waals surface area (Å²) in [5.41, 5.74) is 2.23. The molecule has 0 saturated carbocycles. The smallest absolute Gasteiger partial charge is 0.222 e. The second-order valence-corrected chi connectivity index (χ2v) is 12.8. The first-order valence-corrected chi connectivity index (χ1v) is 17.1. The standard InChI is InChI=1S/C37H42N2O5S/c1-2-3-23-43-32-26-28(14-17-31(32)44-24-21-38-18-6-7-19-38)37-35(30-9-4-5-10-33(30)45-37)36(41)27-12-15-29(16-13-27)42-25-22-39-20-8-11-34(39)40/h4-5,9-10,12-17,26H,2-3,6-8,11,18-25H2,1H3. The number of thiophene rings is 1. The van der Waals surface area contributed by atoms with Crippen molar-refractivity contribution in [1.82, 2.24) is 9.80 Å². The average molecular weight is 627 g/mol. The molecule has 2 saturated heterocycles. The topological polar surface area (TPSA) is 68.3 Å². The lowest BCUT2D eigenvalue weighted by Gasteiger charge is -2.17. The van der Waals surface area contributed by atoms with E-state index in [1.54, 1.807) is 11.3 Å². The summed E-state index contributed by atoms with van der Waals surface area (Å²) in [4.78, 5) is 31.2. The van der Waals surface area contributed by atoms with Crippen molar-refractivity contribution < 1.29 is 23.8 Å². The van der Waals surface area contributed by atoms with Crippen LogP contribution in [0.4, 0.5) is 0 Å². The lowest BCUT2D eigenvalue weighted by molar-refractivity contribution is -0.128. The summed E-state index contributed by atoms with van der Waals surface area (Å²) < 4.78 is 19.4. The number of fused-ring (bicyclic) bond motifs is 1. The molecule has 1 amide bonds. The molecule has 236 valence electrons. The van der Waals surface area contributed by atoms with Crippen LogP contribution in [0.25, 0.3) is 20.5 Å². The highest BCUT2D eigenvalue weighted by molar-refractivity contribution is 7.22. The molecule has 4 aromatic rings. The minimum absolute atomic E-state index is 0.0314. The molecular weight excluding hydrogens is 584 g/mol. The van der Waals surface area contributed by atoms with Gasteiger partial charge in [-0.15, -0.1) is 11.3 Å². The van der Waals surface area contributed by atoms with Gasteiger partial charge in [0.25, 0.3) is 0 Å². The minimum Gasteiger partial charge on any atom is -0.492 e. The Bertz CT molecular complexity index is 1610. The van der Waals surface area contributed by atoms with Gasteiger partial charge in [-0.25, -0.2) is 0 Å². The maximum atomic E-state index is 14.1. The Morgan fingerprint density at radius 1 is 0.822 bits per heavy atom. The van der Waals surface area contributed by atoms with Crippen LogP contribution in [0, 0.1) is 0 Å². The lowest BCUT2D eigenvalue weighted by Crippen LogP contribution is -2.29. The molecule has 6 rings (SSSR count). The summed E-state index contributed by atoms with van der Waals surface area (Å²) in [6.45, 7) is 8.38. The van der Waals surface area contributed by atoms with Crippen LogP contribution in [-0.4, -0.2) is 74.0 Å². The molecule has 3 heterocycles. The molecule has 8 heteroatoms. The third-order valence-corrected chi connectivity index (χ3v) is 9.79. The number of carbonyl (C=O) groups excluding carboxylic acids is 2. The third-order valence-electron chi connectivity index (χ3n) is 8.57. The zero-order chi connectivity index (χ0) is 31.0. The number of ketones is 1. The van der Waals surface area contributed by atoms with Gasteiger partial charge in [0.2, 0.25) is 5.91 Å². The summed E-state index contributed by atoms with van der Waals surface area (Å²) in [7, 11) is 0. The number of ether oxygens (including phenoxy) is 3. The van der Waals surface area contributed by atoms with E-state index in [9.17, 15) is 9.59 Å². The second kappa shape index (κ2) is 14.9. The number of carbonyl (C=O) groups is 2. The molecule has 45 heavy (non-hydrogen) atoms. The van der Waals surface area contributed by atoms with E-state index in [2.05, 4.69) is 17.9 Å². The Labute approximate surface area is 269 Å².